The molecule has 0 aliphatic carbocycles. The van der Waals surface area contributed by atoms with E-state index in [1.54, 1.807) is 16.4 Å². The van der Waals surface area contributed by atoms with Gasteiger partial charge < -0.3 is 15.4 Å². The lowest BCUT2D eigenvalue weighted by molar-refractivity contribution is -0.117. The first-order valence-corrected chi connectivity index (χ1v) is 15.4. The number of hydrogen-bond donors (Lipinski definition) is 2. The maximum absolute atomic E-state index is 15.0. The highest BCUT2D eigenvalue weighted by Gasteiger charge is 2.38. The van der Waals surface area contributed by atoms with E-state index in [1.807, 2.05) is 0 Å². The second-order valence-electron chi connectivity index (χ2n) is 10.8. The molecule has 3 aliphatic heterocycles. The molecule has 0 spiro atoms. The van der Waals surface area contributed by atoms with Gasteiger partial charge in [0.25, 0.3) is 0 Å². The van der Waals surface area contributed by atoms with Crippen molar-refractivity contribution in [1.82, 2.24) is 14.6 Å². The molecule has 1 unspecified atom stereocenters. The number of ether oxygens (including phenoxy) is 1. The van der Waals surface area contributed by atoms with Gasteiger partial charge in [-0.2, -0.15) is 4.31 Å². The summed E-state index contributed by atoms with van der Waals surface area (Å²) in [4.78, 5) is 17.2. The van der Waals surface area contributed by atoms with Crippen LogP contribution in [0.15, 0.2) is 36.7 Å². The van der Waals surface area contributed by atoms with Crippen LogP contribution in [0.1, 0.15) is 55.6 Å². The molecule has 2 bridgehead atoms. The number of anilines is 1. The molecule has 3 aliphatic rings. The number of benzene rings is 1. The fourth-order valence-corrected chi connectivity index (χ4v) is 7.97. The van der Waals surface area contributed by atoms with Crippen molar-refractivity contribution in [3.63, 3.8) is 0 Å². The standard InChI is InChI=1S/C28H36F2N4O4S/c29-21-5-3-19(4-6-21)25(20-9-11-38-12-10-20)14-28(35)33-27-17-31-16-26(30)24(27)8-7-23-15-32-22-2-1-13-39(36,37)34(23)18-22/h3-6,16-17,20,22-23,25,32H,1-2,7-15,18H2,(H,33,35)/t22-,23+,25+/m1/s1. The number of halogens is 2. The molecular formula is C28H36F2N4O4S. The largest absolute Gasteiger partial charge is 0.381 e. The first-order chi connectivity index (χ1) is 18.8. The predicted octanol–water partition coefficient (Wildman–Crippen LogP) is 3.60. The third-order valence-corrected chi connectivity index (χ3v) is 10.3. The molecule has 0 saturated carbocycles. The zero-order chi connectivity index (χ0) is 27.4. The van der Waals surface area contributed by atoms with E-state index in [4.69, 9.17) is 4.74 Å². The fraction of sp³-hybridized carbons (Fsp3) is 0.571. The van der Waals surface area contributed by atoms with Gasteiger partial charge in [0.15, 0.2) is 0 Å². The van der Waals surface area contributed by atoms with Crippen molar-refractivity contribution >= 4 is 21.6 Å². The average Bonchev–Trinajstić information content (AvgIpc) is 3.04. The number of piperazine rings is 1. The van der Waals surface area contributed by atoms with Gasteiger partial charge >= 0.3 is 0 Å². The van der Waals surface area contributed by atoms with Crippen LogP contribution in [-0.4, -0.2) is 67.8 Å². The summed E-state index contributed by atoms with van der Waals surface area (Å²) in [5, 5.41) is 6.30. The van der Waals surface area contributed by atoms with Crippen molar-refractivity contribution in [2.45, 2.75) is 62.9 Å². The average molecular weight is 563 g/mol. The SMILES string of the molecule is O=C(C[C@@H](c1ccc(F)cc1)C1CCOCC1)Nc1cncc(F)c1CC[C@H]1CN[C@@H]2CCCS(=O)(=O)N1C2. The number of fused-ring (bicyclic) bond motifs is 2. The van der Waals surface area contributed by atoms with Gasteiger partial charge in [-0.05, 0) is 68.1 Å². The minimum atomic E-state index is -3.35. The highest BCUT2D eigenvalue weighted by atomic mass is 32.2. The number of rotatable bonds is 8. The van der Waals surface area contributed by atoms with Crippen LogP contribution in [0.5, 0.6) is 0 Å². The lowest BCUT2D eigenvalue weighted by Crippen LogP contribution is -2.57. The molecule has 3 saturated heterocycles. The van der Waals surface area contributed by atoms with Gasteiger partial charge in [0.1, 0.15) is 11.6 Å². The maximum atomic E-state index is 15.0. The number of amides is 1. The highest BCUT2D eigenvalue weighted by molar-refractivity contribution is 7.89. The van der Waals surface area contributed by atoms with Gasteiger partial charge in [0.2, 0.25) is 15.9 Å². The Labute approximate surface area is 228 Å². The van der Waals surface area contributed by atoms with Crippen LogP contribution in [0, 0.1) is 17.6 Å². The Morgan fingerprint density at radius 1 is 1.15 bits per heavy atom. The van der Waals surface area contributed by atoms with Crippen LogP contribution in [0.2, 0.25) is 0 Å². The topological polar surface area (TPSA) is 101 Å². The Bertz CT molecular complexity index is 1250. The molecule has 5 rings (SSSR count). The maximum Gasteiger partial charge on any atom is 0.225 e. The molecule has 1 amide bonds. The molecule has 4 atom stereocenters. The molecule has 4 heterocycles. The molecule has 0 radical (unpaired) electrons. The number of carbonyl (C=O) groups excluding carboxylic acids is 1. The van der Waals surface area contributed by atoms with Gasteiger partial charge in [-0.3, -0.25) is 9.78 Å². The van der Waals surface area contributed by atoms with Crippen molar-refractivity contribution in [2.24, 2.45) is 5.92 Å². The third kappa shape index (κ3) is 6.82. The summed E-state index contributed by atoms with van der Waals surface area (Å²) in [5.41, 5.74) is 1.50. The van der Waals surface area contributed by atoms with Crippen molar-refractivity contribution in [2.75, 3.05) is 37.4 Å². The molecule has 1 aromatic carbocycles. The smallest absolute Gasteiger partial charge is 0.225 e. The Morgan fingerprint density at radius 3 is 2.69 bits per heavy atom. The van der Waals surface area contributed by atoms with Gasteiger partial charge in [0, 0.05) is 50.4 Å². The van der Waals surface area contributed by atoms with E-state index in [0.717, 1.165) is 31.0 Å². The molecule has 3 fully saturated rings. The minimum Gasteiger partial charge on any atom is -0.381 e. The molecule has 39 heavy (non-hydrogen) atoms. The van der Waals surface area contributed by atoms with Gasteiger partial charge in [-0.15, -0.1) is 0 Å². The number of aromatic nitrogens is 1. The molecule has 11 heteroatoms. The summed E-state index contributed by atoms with van der Waals surface area (Å²) < 4.78 is 61.3. The van der Waals surface area contributed by atoms with E-state index < -0.39 is 15.8 Å². The van der Waals surface area contributed by atoms with E-state index in [-0.39, 0.29) is 54.2 Å². The predicted molar refractivity (Wildman–Crippen MR) is 144 cm³/mol. The lowest BCUT2D eigenvalue weighted by Gasteiger charge is -2.37. The van der Waals surface area contributed by atoms with E-state index >= 15 is 0 Å². The van der Waals surface area contributed by atoms with Crippen LogP contribution < -0.4 is 10.6 Å². The quantitative estimate of drug-likeness (QED) is 0.510. The van der Waals surface area contributed by atoms with E-state index in [0.29, 0.717) is 50.4 Å². The Hall–Kier alpha value is -2.47. The molecular weight excluding hydrogens is 526 g/mol. The summed E-state index contributed by atoms with van der Waals surface area (Å²) >= 11 is 0. The van der Waals surface area contributed by atoms with Crippen LogP contribution >= 0.6 is 0 Å². The molecule has 1 aromatic heterocycles. The lowest BCUT2D eigenvalue weighted by atomic mass is 9.79. The summed E-state index contributed by atoms with van der Waals surface area (Å²) in [6.07, 6.45) is 6.45. The number of nitrogens with one attached hydrogen (secondary N) is 2. The number of pyridine rings is 1. The first-order valence-electron chi connectivity index (χ1n) is 13.8. The second-order valence-corrected chi connectivity index (χ2v) is 12.9. The van der Waals surface area contributed by atoms with Gasteiger partial charge in [0.05, 0.1) is 23.8 Å². The molecule has 8 nitrogen and oxygen atoms in total. The first kappa shape index (κ1) is 28.1. The van der Waals surface area contributed by atoms with Gasteiger partial charge in [-0.1, -0.05) is 12.1 Å². The zero-order valence-corrected chi connectivity index (χ0v) is 22.8. The van der Waals surface area contributed by atoms with Crippen LogP contribution in [-0.2, 0) is 26.0 Å². The van der Waals surface area contributed by atoms with Crippen molar-refractivity contribution in [3.05, 3.63) is 59.4 Å². The Balaban J connectivity index is 1.29. The van der Waals surface area contributed by atoms with E-state index in [9.17, 15) is 22.0 Å². The Morgan fingerprint density at radius 2 is 1.92 bits per heavy atom. The monoisotopic (exact) mass is 562 g/mol. The summed E-state index contributed by atoms with van der Waals surface area (Å²) in [6, 6.07) is 6.12. The Kier molecular flexibility index (Phi) is 8.90. The number of nitrogens with zero attached hydrogens (tertiary/aromatic N) is 2. The fourth-order valence-electron chi connectivity index (χ4n) is 6.17. The van der Waals surface area contributed by atoms with Crippen molar-refractivity contribution in [1.29, 1.82) is 0 Å². The third-order valence-electron chi connectivity index (χ3n) is 8.31. The molecule has 2 aromatic rings. The number of sulfonamides is 1. The van der Waals surface area contributed by atoms with Crippen LogP contribution in [0.3, 0.4) is 0 Å². The van der Waals surface area contributed by atoms with Gasteiger partial charge in [-0.25, -0.2) is 17.2 Å². The van der Waals surface area contributed by atoms with Crippen LogP contribution in [0.25, 0.3) is 0 Å². The second kappa shape index (κ2) is 12.4. The van der Waals surface area contributed by atoms with E-state index in [2.05, 4.69) is 15.6 Å². The number of carbonyl (C=O) groups is 1. The summed E-state index contributed by atoms with van der Waals surface area (Å²) in [7, 11) is -3.35. The normalized spacial score (nSPS) is 25.9. The van der Waals surface area contributed by atoms with E-state index in [1.165, 1.54) is 18.3 Å². The zero-order valence-electron chi connectivity index (χ0n) is 22.0. The molecule has 212 valence electrons. The number of hydrogen-bond acceptors (Lipinski definition) is 6. The van der Waals surface area contributed by atoms with Crippen molar-refractivity contribution < 1.29 is 26.7 Å². The summed E-state index contributed by atoms with van der Waals surface area (Å²) in [5.74, 6) is -0.933. The van der Waals surface area contributed by atoms with Crippen LogP contribution in [0.4, 0.5) is 14.5 Å². The highest BCUT2D eigenvalue weighted by Crippen LogP contribution is 2.35. The van der Waals surface area contributed by atoms with Crippen molar-refractivity contribution in [3.8, 4) is 0 Å². The minimum absolute atomic E-state index is 0.131. The molecule has 2 N–H and O–H groups in total. The summed E-state index contributed by atoms with van der Waals surface area (Å²) in [6.45, 7) is 2.19.